The maximum Gasteiger partial charge on any atom is 0.443 e. The molecule has 0 spiro atoms. The molecule has 9 heteroatoms. The fourth-order valence-corrected chi connectivity index (χ4v) is 2.54. The molecule has 0 saturated carbocycles. The van der Waals surface area contributed by atoms with Gasteiger partial charge >= 0.3 is 12.4 Å². The lowest BCUT2D eigenvalue weighted by atomic mass is 10.00. The van der Waals surface area contributed by atoms with E-state index >= 15 is 0 Å². The molecule has 0 saturated heterocycles. The molecular formula is C12H8F6N2S. The lowest BCUT2D eigenvalue weighted by molar-refractivity contribution is -0.138. The summed E-state index contributed by atoms with van der Waals surface area (Å²) in [5, 5.41) is -1.14. The molecule has 0 fully saturated rings. The molecule has 0 aliphatic rings. The number of alkyl halides is 6. The summed E-state index contributed by atoms with van der Waals surface area (Å²) in [6, 6.07) is 3.18. The number of rotatable bonds is 2. The number of nitrogens with zero attached hydrogens (tertiary/aromatic N) is 1. The SMILES string of the molecule is NC(c1cnc(C(F)(F)F)s1)c1ccccc1C(F)(F)F. The van der Waals surface area contributed by atoms with E-state index in [1.54, 1.807) is 0 Å². The van der Waals surface area contributed by atoms with Crippen molar-refractivity contribution in [1.82, 2.24) is 4.98 Å². The predicted molar refractivity (Wildman–Crippen MR) is 64.6 cm³/mol. The summed E-state index contributed by atoms with van der Waals surface area (Å²) in [5.74, 6) is 0. The molecule has 0 aliphatic carbocycles. The molecule has 2 N–H and O–H groups in total. The summed E-state index contributed by atoms with van der Waals surface area (Å²) in [6.45, 7) is 0. The van der Waals surface area contributed by atoms with Crippen molar-refractivity contribution >= 4 is 11.3 Å². The van der Waals surface area contributed by atoms with Crippen molar-refractivity contribution in [3.8, 4) is 0 Å². The molecule has 1 heterocycles. The van der Waals surface area contributed by atoms with Crippen LogP contribution < -0.4 is 5.73 Å². The Hall–Kier alpha value is -1.61. The van der Waals surface area contributed by atoms with E-state index < -0.39 is 29.0 Å². The van der Waals surface area contributed by atoms with Gasteiger partial charge in [-0.3, -0.25) is 0 Å². The standard InChI is InChI=1S/C12H8F6N2S/c13-11(14,15)7-4-2-1-3-6(7)9(19)8-5-20-10(21-8)12(16,17)18/h1-5,9H,19H2. The Morgan fingerprint density at radius 1 is 1.00 bits per heavy atom. The number of aromatic nitrogens is 1. The van der Waals surface area contributed by atoms with Gasteiger partial charge in [0.2, 0.25) is 0 Å². The van der Waals surface area contributed by atoms with E-state index in [9.17, 15) is 26.3 Å². The Kier molecular flexibility index (Phi) is 3.98. The number of benzene rings is 1. The van der Waals surface area contributed by atoms with E-state index in [-0.39, 0.29) is 21.8 Å². The fraction of sp³-hybridized carbons (Fsp3) is 0.250. The minimum absolute atomic E-state index is 0.0842. The lowest BCUT2D eigenvalue weighted by Crippen LogP contribution is -2.17. The first-order valence-electron chi connectivity index (χ1n) is 5.55. The van der Waals surface area contributed by atoms with Gasteiger partial charge in [-0.15, -0.1) is 11.3 Å². The summed E-state index contributed by atoms with van der Waals surface area (Å²) in [5.41, 5.74) is 4.41. The minimum Gasteiger partial charge on any atom is -0.320 e. The molecule has 0 aliphatic heterocycles. The molecule has 2 aromatic rings. The molecule has 114 valence electrons. The van der Waals surface area contributed by atoms with Crippen LogP contribution in [0.4, 0.5) is 26.3 Å². The first-order valence-corrected chi connectivity index (χ1v) is 6.37. The van der Waals surface area contributed by atoms with E-state index in [1.165, 1.54) is 12.1 Å². The maximum absolute atomic E-state index is 12.9. The van der Waals surface area contributed by atoms with Crippen molar-refractivity contribution in [1.29, 1.82) is 0 Å². The third kappa shape index (κ3) is 3.35. The van der Waals surface area contributed by atoms with Crippen molar-refractivity contribution in [2.75, 3.05) is 0 Å². The van der Waals surface area contributed by atoms with Crippen molar-refractivity contribution in [3.05, 3.63) is 51.5 Å². The van der Waals surface area contributed by atoms with Crippen LogP contribution in [0, 0.1) is 0 Å². The first-order chi connectivity index (χ1) is 9.60. The molecule has 1 atom stereocenters. The van der Waals surface area contributed by atoms with Crippen LogP contribution in [0.15, 0.2) is 30.5 Å². The van der Waals surface area contributed by atoms with E-state index in [0.29, 0.717) is 0 Å². The minimum atomic E-state index is -4.65. The second-order valence-corrected chi connectivity index (χ2v) is 5.19. The fourth-order valence-electron chi connectivity index (χ4n) is 1.74. The Morgan fingerprint density at radius 3 is 2.14 bits per heavy atom. The highest BCUT2D eigenvalue weighted by molar-refractivity contribution is 7.11. The Bertz CT molecular complexity index is 631. The largest absolute Gasteiger partial charge is 0.443 e. The van der Waals surface area contributed by atoms with E-state index in [1.807, 2.05) is 0 Å². The summed E-state index contributed by atoms with van der Waals surface area (Å²) >= 11 is 0.234. The van der Waals surface area contributed by atoms with Crippen molar-refractivity contribution < 1.29 is 26.3 Å². The molecule has 0 radical (unpaired) electrons. The van der Waals surface area contributed by atoms with Crippen LogP contribution >= 0.6 is 11.3 Å². The molecule has 2 rings (SSSR count). The molecule has 2 nitrogen and oxygen atoms in total. The van der Waals surface area contributed by atoms with Crippen LogP contribution in [0.2, 0.25) is 0 Å². The van der Waals surface area contributed by atoms with Gasteiger partial charge in [0.25, 0.3) is 0 Å². The monoisotopic (exact) mass is 326 g/mol. The average molecular weight is 326 g/mol. The lowest BCUT2D eigenvalue weighted by Gasteiger charge is -2.16. The van der Waals surface area contributed by atoms with Crippen LogP contribution in [0.25, 0.3) is 0 Å². The summed E-state index contributed by atoms with van der Waals surface area (Å²) in [6.07, 6.45) is -8.43. The topological polar surface area (TPSA) is 38.9 Å². The normalized spacial score (nSPS) is 14.2. The Balaban J connectivity index is 2.42. The third-order valence-electron chi connectivity index (χ3n) is 2.67. The zero-order valence-corrected chi connectivity index (χ0v) is 11.0. The van der Waals surface area contributed by atoms with Gasteiger partial charge in [0, 0.05) is 11.1 Å². The van der Waals surface area contributed by atoms with Crippen LogP contribution in [0.3, 0.4) is 0 Å². The quantitative estimate of drug-likeness (QED) is 0.839. The van der Waals surface area contributed by atoms with Gasteiger partial charge in [0.15, 0.2) is 5.01 Å². The summed E-state index contributed by atoms with van der Waals surface area (Å²) in [4.78, 5) is 3.07. The maximum atomic E-state index is 12.9. The highest BCUT2D eigenvalue weighted by atomic mass is 32.1. The summed E-state index contributed by atoms with van der Waals surface area (Å²) < 4.78 is 76.0. The van der Waals surface area contributed by atoms with Crippen LogP contribution in [-0.4, -0.2) is 4.98 Å². The van der Waals surface area contributed by atoms with Gasteiger partial charge < -0.3 is 5.73 Å². The molecule has 1 unspecified atom stereocenters. The highest BCUT2D eigenvalue weighted by Crippen LogP contribution is 2.39. The summed E-state index contributed by atoms with van der Waals surface area (Å²) in [7, 11) is 0. The number of hydrogen-bond donors (Lipinski definition) is 1. The molecular weight excluding hydrogens is 318 g/mol. The van der Waals surface area contributed by atoms with Gasteiger partial charge in [-0.1, -0.05) is 18.2 Å². The van der Waals surface area contributed by atoms with Gasteiger partial charge in [-0.05, 0) is 11.6 Å². The molecule has 1 aromatic heterocycles. The number of hydrogen-bond acceptors (Lipinski definition) is 3. The molecule has 21 heavy (non-hydrogen) atoms. The predicted octanol–water partition coefficient (Wildman–Crippen LogP) is 4.23. The van der Waals surface area contributed by atoms with Gasteiger partial charge in [-0.2, -0.15) is 26.3 Å². The average Bonchev–Trinajstić information content (AvgIpc) is 2.86. The van der Waals surface area contributed by atoms with Gasteiger partial charge in [0.05, 0.1) is 11.6 Å². The van der Waals surface area contributed by atoms with E-state index in [0.717, 1.165) is 18.3 Å². The van der Waals surface area contributed by atoms with Gasteiger partial charge in [0.1, 0.15) is 0 Å². The third-order valence-corrected chi connectivity index (χ3v) is 3.80. The second kappa shape index (κ2) is 5.30. The number of thiazole rings is 1. The first kappa shape index (κ1) is 15.8. The van der Waals surface area contributed by atoms with Crippen LogP contribution in [0.5, 0.6) is 0 Å². The van der Waals surface area contributed by atoms with E-state index in [4.69, 9.17) is 5.73 Å². The van der Waals surface area contributed by atoms with Crippen molar-refractivity contribution in [3.63, 3.8) is 0 Å². The van der Waals surface area contributed by atoms with Crippen LogP contribution in [0.1, 0.15) is 27.1 Å². The number of nitrogens with two attached hydrogens (primary N) is 1. The van der Waals surface area contributed by atoms with Crippen LogP contribution in [-0.2, 0) is 12.4 Å². The van der Waals surface area contributed by atoms with E-state index in [2.05, 4.69) is 4.98 Å². The zero-order valence-electron chi connectivity index (χ0n) is 10.2. The molecule has 0 bridgehead atoms. The molecule has 0 amide bonds. The Labute approximate surface area is 119 Å². The number of halogens is 6. The Morgan fingerprint density at radius 2 is 1.62 bits per heavy atom. The highest BCUT2D eigenvalue weighted by Gasteiger charge is 2.37. The zero-order chi connectivity index (χ0) is 15.8. The molecule has 1 aromatic carbocycles. The smallest absolute Gasteiger partial charge is 0.320 e. The second-order valence-electron chi connectivity index (χ2n) is 4.13. The van der Waals surface area contributed by atoms with Crippen molar-refractivity contribution in [2.24, 2.45) is 5.73 Å². The van der Waals surface area contributed by atoms with Gasteiger partial charge in [-0.25, -0.2) is 4.98 Å². The van der Waals surface area contributed by atoms with Crippen molar-refractivity contribution in [2.45, 2.75) is 18.4 Å².